The van der Waals surface area contributed by atoms with Crippen LogP contribution in [0, 0.1) is 9.39 Å². The first-order valence-corrected chi connectivity index (χ1v) is 8.63. The lowest BCUT2D eigenvalue weighted by Gasteiger charge is -2.08. The molecule has 3 rings (SSSR count). The average Bonchev–Trinajstić information content (AvgIpc) is 2.86. The fraction of sp³-hybridized carbons (Fsp3) is 0.0667. The number of aromatic nitrogens is 2. The molecule has 0 unspecified atom stereocenters. The van der Waals surface area contributed by atoms with Gasteiger partial charge < -0.3 is 5.32 Å². The van der Waals surface area contributed by atoms with Crippen LogP contribution in [0.4, 0.5) is 23.4 Å². The number of imidazole rings is 1. The highest BCUT2D eigenvalue weighted by Crippen LogP contribution is 2.35. The van der Waals surface area contributed by atoms with Gasteiger partial charge in [0.05, 0.1) is 0 Å². The zero-order valence-corrected chi connectivity index (χ0v) is 15.1. The van der Waals surface area contributed by atoms with Crippen molar-refractivity contribution in [1.82, 2.24) is 9.38 Å². The van der Waals surface area contributed by atoms with Gasteiger partial charge in [-0.2, -0.15) is 13.2 Å². The summed E-state index contributed by atoms with van der Waals surface area (Å²) in [5.74, 6) is -2.74. The van der Waals surface area contributed by atoms with Gasteiger partial charge in [-0.3, -0.25) is 9.20 Å². The number of nitrogens with zero attached hydrogens (tertiary/aromatic N) is 2. The van der Waals surface area contributed by atoms with E-state index in [1.54, 1.807) is 28.0 Å². The number of hydrogen-bond acceptors (Lipinski definition) is 3. The number of rotatable bonds is 3. The minimum Gasteiger partial charge on any atom is -0.300 e. The monoisotopic (exact) mass is 481 g/mol. The van der Waals surface area contributed by atoms with Crippen LogP contribution < -0.4 is 5.32 Å². The van der Waals surface area contributed by atoms with Crippen LogP contribution in [0.5, 0.6) is 0 Å². The van der Waals surface area contributed by atoms with E-state index in [1.807, 2.05) is 0 Å². The van der Waals surface area contributed by atoms with Gasteiger partial charge in [0.25, 0.3) is 0 Å². The minimum absolute atomic E-state index is 0.210. The Bertz CT molecular complexity index is 940. The molecule has 1 aromatic carbocycles. The largest absolute Gasteiger partial charge is 0.471 e. The summed E-state index contributed by atoms with van der Waals surface area (Å²) in [6.45, 7) is 0. The molecule has 0 aliphatic heterocycles. The van der Waals surface area contributed by atoms with Gasteiger partial charge in [0.1, 0.15) is 16.5 Å². The molecule has 0 aliphatic rings. The van der Waals surface area contributed by atoms with E-state index in [0.717, 1.165) is 15.3 Å². The van der Waals surface area contributed by atoms with Crippen LogP contribution in [0.3, 0.4) is 0 Å². The maximum absolute atomic E-state index is 13.0. The summed E-state index contributed by atoms with van der Waals surface area (Å²) >= 11 is 3.12. The highest BCUT2D eigenvalue weighted by molar-refractivity contribution is 14.1. The Morgan fingerprint density at radius 3 is 2.48 bits per heavy atom. The molecule has 130 valence electrons. The van der Waals surface area contributed by atoms with Crippen molar-refractivity contribution in [3.05, 3.63) is 52.0 Å². The molecule has 2 aromatic heterocycles. The number of pyridine rings is 1. The number of nitrogens with one attached hydrogen (secondary N) is 1. The van der Waals surface area contributed by atoms with Crippen molar-refractivity contribution < 1.29 is 22.4 Å². The number of fused-ring (bicyclic) bond motifs is 1. The molecule has 3 aromatic rings. The van der Waals surface area contributed by atoms with E-state index >= 15 is 0 Å². The second-order valence-electron chi connectivity index (χ2n) is 4.85. The summed E-state index contributed by atoms with van der Waals surface area (Å²) in [5, 5.41) is 2.09. The summed E-state index contributed by atoms with van der Waals surface area (Å²) in [7, 11) is 0. The van der Waals surface area contributed by atoms with Gasteiger partial charge in [0.2, 0.25) is 0 Å². The van der Waals surface area contributed by atoms with Crippen molar-refractivity contribution in [2.75, 3.05) is 5.32 Å². The summed E-state index contributed by atoms with van der Waals surface area (Å²) in [5.41, 5.74) is 0.377. The molecule has 0 radical (unpaired) electrons. The summed E-state index contributed by atoms with van der Waals surface area (Å²) in [6.07, 6.45) is -3.35. The van der Waals surface area contributed by atoms with Crippen LogP contribution in [0.1, 0.15) is 0 Å². The topological polar surface area (TPSA) is 46.4 Å². The van der Waals surface area contributed by atoms with E-state index in [9.17, 15) is 22.4 Å². The smallest absolute Gasteiger partial charge is 0.300 e. The van der Waals surface area contributed by atoms with Crippen molar-refractivity contribution in [3.63, 3.8) is 0 Å². The predicted molar refractivity (Wildman–Crippen MR) is 93.1 cm³/mol. The van der Waals surface area contributed by atoms with E-state index in [0.29, 0.717) is 10.5 Å². The first-order valence-electron chi connectivity index (χ1n) is 6.73. The number of carbonyl (C=O) groups excluding carboxylic acids is 1. The Kier molecular flexibility index (Phi) is 4.91. The lowest BCUT2D eigenvalue weighted by molar-refractivity contribution is -0.167. The Hall–Kier alpha value is -1.82. The van der Waals surface area contributed by atoms with Crippen LogP contribution >= 0.6 is 34.4 Å². The minimum atomic E-state index is -5.03. The predicted octanol–water partition coefficient (Wildman–Crippen LogP) is 4.73. The molecule has 0 fully saturated rings. The fourth-order valence-corrected chi connectivity index (χ4v) is 3.36. The van der Waals surface area contributed by atoms with Gasteiger partial charge in [-0.05, 0) is 59.0 Å². The third kappa shape index (κ3) is 4.06. The highest BCUT2D eigenvalue weighted by Gasteiger charge is 2.39. The lowest BCUT2D eigenvalue weighted by Crippen LogP contribution is -2.30. The first kappa shape index (κ1) is 18.0. The average molecular weight is 481 g/mol. The molecule has 1 N–H and O–H groups in total. The van der Waals surface area contributed by atoms with Crippen molar-refractivity contribution in [3.8, 4) is 0 Å². The summed E-state index contributed by atoms with van der Waals surface area (Å²) < 4.78 is 53.1. The second-order valence-corrected chi connectivity index (χ2v) is 7.16. The Morgan fingerprint density at radius 2 is 1.84 bits per heavy atom. The van der Waals surface area contributed by atoms with E-state index < -0.39 is 17.9 Å². The van der Waals surface area contributed by atoms with E-state index in [1.165, 1.54) is 24.3 Å². The SMILES string of the molecule is O=C(Nc1nc2ccc(I)cn2c1Sc1ccc(F)cc1)C(F)(F)F. The first-order chi connectivity index (χ1) is 11.7. The van der Waals surface area contributed by atoms with E-state index in [2.05, 4.69) is 27.6 Å². The van der Waals surface area contributed by atoms with Crippen molar-refractivity contribution >= 4 is 51.7 Å². The molecule has 0 saturated carbocycles. The number of alkyl halides is 3. The molecule has 25 heavy (non-hydrogen) atoms. The second kappa shape index (κ2) is 6.83. The van der Waals surface area contributed by atoms with Crippen LogP contribution in [0.25, 0.3) is 5.65 Å². The Balaban J connectivity index is 2.06. The van der Waals surface area contributed by atoms with Crippen LogP contribution in [0.15, 0.2) is 52.5 Å². The highest BCUT2D eigenvalue weighted by atomic mass is 127. The molecule has 0 spiro atoms. The van der Waals surface area contributed by atoms with Gasteiger partial charge >= 0.3 is 12.1 Å². The molecule has 0 aliphatic carbocycles. The van der Waals surface area contributed by atoms with Crippen LogP contribution in [-0.2, 0) is 4.79 Å². The van der Waals surface area contributed by atoms with E-state index in [-0.39, 0.29) is 10.8 Å². The van der Waals surface area contributed by atoms with Gasteiger partial charge in [-0.25, -0.2) is 9.37 Å². The quantitative estimate of drug-likeness (QED) is 0.435. The summed E-state index contributed by atoms with van der Waals surface area (Å²) in [6, 6.07) is 8.82. The molecule has 4 nitrogen and oxygen atoms in total. The normalized spacial score (nSPS) is 11.7. The number of amides is 1. The van der Waals surface area contributed by atoms with Gasteiger partial charge in [-0.1, -0.05) is 11.8 Å². The van der Waals surface area contributed by atoms with E-state index in [4.69, 9.17) is 0 Å². The maximum atomic E-state index is 13.0. The molecular formula is C15H8F4IN3OS. The fourth-order valence-electron chi connectivity index (χ4n) is 1.97. The Morgan fingerprint density at radius 1 is 1.16 bits per heavy atom. The van der Waals surface area contributed by atoms with Gasteiger partial charge in [0, 0.05) is 14.7 Å². The molecule has 0 saturated heterocycles. The molecule has 1 amide bonds. The maximum Gasteiger partial charge on any atom is 0.471 e. The van der Waals surface area contributed by atoms with Crippen LogP contribution in [-0.4, -0.2) is 21.5 Å². The summed E-state index contributed by atoms with van der Waals surface area (Å²) in [4.78, 5) is 15.9. The van der Waals surface area contributed by atoms with Crippen molar-refractivity contribution in [2.45, 2.75) is 16.1 Å². The van der Waals surface area contributed by atoms with Gasteiger partial charge in [-0.15, -0.1) is 0 Å². The number of anilines is 1. The lowest BCUT2D eigenvalue weighted by atomic mass is 10.4. The zero-order chi connectivity index (χ0) is 18.2. The molecule has 2 heterocycles. The van der Waals surface area contributed by atoms with Crippen molar-refractivity contribution in [2.24, 2.45) is 0 Å². The molecule has 10 heteroatoms. The number of carbonyl (C=O) groups is 1. The molecule has 0 bridgehead atoms. The van der Waals surface area contributed by atoms with Crippen LogP contribution in [0.2, 0.25) is 0 Å². The number of halogens is 5. The van der Waals surface area contributed by atoms with Gasteiger partial charge in [0.15, 0.2) is 5.82 Å². The number of hydrogen-bond donors (Lipinski definition) is 1. The number of benzene rings is 1. The van der Waals surface area contributed by atoms with Crippen molar-refractivity contribution in [1.29, 1.82) is 0 Å². The molecular weight excluding hydrogens is 473 g/mol. The standard InChI is InChI=1S/C15H8F4IN3OS/c16-8-1-4-10(5-2-8)25-13-12(22-14(24)15(17,18)19)21-11-6-3-9(20)7-23(11)13/h1-7H,(H,22,24). The Labute approximate surface area is 156 Å². The third-order valence-corrected chi connectivity index (χ3v) is 4.79. The zero-order valence-electron chi connectivity index (χ0n) is 12.1. The third-order valence-electron chi connectivity index (χ3n) is 3.06. The molecule has 0 atom stereocenters.